The van der Waals surface area contributed by atoms with Gasteiger partial charge in [0.25, 0.3) is 5.91 Å². The quantitative estimate of drug-likeness (QED) is 0.599. The Labute approximate surface area is 173 Å². The molecule has 1 heterocycles. The molecule has 30 heavy (non-hydrogen) atoms. The number of halogens is 1. The lowest BCUT2D eigenvalue weighted by molar-refractivity contribution is -0.123. The van der Waals surface area contributed by atoms with Crippen LogP contribution < -0.4 is 14.8 Å². The smallest absolute Gasteiger partial charge is 0.258 e. The minimum Gasteiger partial charge on any atom is -0.493 e. The Kier molecular flexibility index (Phi) is 6.79. The minimum atomic E-state index is -0.526. The summed E-state index contributed by atoms with van der Waals surface area (Å²) in [6, 6.07) is 10.6. The Morgan fingerprint density at radius 3 is 2.70 bits per heavy atom. The van der Waals surface area contributed by atoms with Gasteiger partial charge in [-0.05, 0) is 55.8 Å². The zero-order chi connectivity index (χ0) is 21.5. The lowest BCUT2D eigenvalue weighted by atomic mass is 10.2. The average molecular weight is 411 g/mol. The Morgan fingerprint density at radius 1 is 1.23 bits per heavy atom. The highest BCUT2D eigenvalue weighted by Crippen LogP contribution is 2.28. The third-order valence-electron chi connectivity index (χ3n) is 4.20. The number of hydrogen-bond donors (Lipinski definition) is 1. The number of nitrogens with one attached hydrogen (secondary N) is 1. The molecule has 1 N–H and O–H groups in total. The third kappa shape index (κ3) is 5.22. The van der Waals surface area contributed by atoms with Crippen LogP contribution in [0.2, 0.25) is 0 Å². The van der Waals surface area contributed by atoms with Crippen molar-refractivity contribution in [3.8, 4) is 22.9 Å². The first-order valence-electron chi connectivity index (χ1n) is 9.32. The highest BCUT2D eigenvalue weighted by molar-refractivity contribution is 5.78. The average Bonchev–Trinajstić information content (AvgIpc) is 3.24. The van der Waals surface area contributed by atoms with E-state index in [4.69, 9.17) is 14.0 Å². The van der Waals surface area contributed by atoms with Crippen LogP contribution in [-0.2, 0) is 4.79 Å². The molecule has 0 bridgehead atoms. The van der Waals surface area contributed by atoms with Crippen molar-refractivity contribution in [1.29, 1.82) is 0 Å². The molecule has 0 aliphatic carbocycles. The molecule has 0 aliphatic rings. The number of benzene rings is 2. The van der Waals surface area contributed by atoms with Gasteiger partial charge in [-0.2, -0.15) is 4.98 Å². The lowest BCUT2D eigenvalue weighted by Gasteiger charge is -2.13. The minimum absolute atomic E-state index is 0.206. The molecule has 0 saturated heterocycles. The highest BCUT2D eigenvalue weighted by atomic mass is 19.1. The fourth-order valence-electron chi connectivity index (χ4n) is 2.72. The second-order valence-electron chi connectivity index (χ2n) is 6.45. The summed E-state index contributed by atoms with van der Waals surface area (Å²) < 4.78 is 29.2. The molecule has 1 atom stereocenters. The van der Waals surface area contributed by atoms with E-state index in [0.29, 0.717) is 22.9 Å². The first-order chi connectivity index (χ1) is 14.5. The second kappa shape index (κ2) is 9.69. The number of ether oxygens (including phenoxy) is 2. The van der Waals surface area contributed by atoms with Gasteiger partial charge in [-0.25, -0.2) is 4.39 Å². The van der Waals surface area contributed by atoms with E-state index in [-0.39, 0.29) is 24.2 Å². The van der Waals surface area contributed by atoms with Gasteiger partial charge in [0, 0.05) is 5.56 Å². The molecular formula is C22H22FN3O4. The van der Waals surface area contributed by atoms with Crippen molar-refractivity contribution in [1.82, 2.24) is 15.5 Å². The molecule has 1 amide bonds. The number of allylic oxidation sites excluding steroid dienone is 1. The molecule has 3 rings (SSSR count). The van der Waals surface area contributed by atoms with Gasteiger partial charge in [0.15, 0.2) is 18.1 Å². The van der Waals surface area contributed by atoms with Gasteiger partial charge in [0.05, 0.1) is 7.11 Å². The van der Waals surface area contributed by atoms with E-state index in [1.54, 1.807) is 25.1 Å². The SMILES string of the molecule is C/C=C/c1ccc(OCC(=O)NC(C)c2nc(-c3ccc(F)cc3)no2)c(OC)c1. The molecule has 1 aromatic heterocycles. The van der Waals surface area contributed by atoms with Gasteiger partial charge in [-0.3, -0.25) is 4.79 Å². The molecule has 2 aromatic carbocycles. The van der Waals surface area contributed by atoms with Crippen molar-refractivity contribution in [2.45, 2.75) is 19.9 Å². The molecular weight excluding hydrogens is 389 g/mol. The second-order valence-corrected chi connectivity index (χ2v) is 6.45. The molecule has 8 heteroatoms. The van der Waals surface area contributed by atoms with E-state index in [1.165, 1.54) is 19.2 Å². The Morgan fingerprint density at radius 2 is 2.00 bits per heavy atom. The van der Waals surface area contributed by atoms with Crippen molar-refractivity contribution in [3.63, 3.8) is 0 Å². The van der Waals surface area contributed by atoms with E-state index in [9.17, 15) is 9.18 Å². The first kappa shape index (κ1) is 21.0. The highest BCUT2D eigenvalue weighted by Gasteiger charge is 2.18. The zero-order valence-corrected chi connectivity index (χ0v) is 16.9. The monoisotopic (exact) mass is 411 g/mol. The number of methoxy groups -OCH3 is 1. The summed E-state index contributed by atoms with van der Waals surface area (Å²) in [5, 5.41) is 6.61. The standard InChI is InChI=1S/C22H22FN3O4/c1-4-5-15-6-11-18(19(12-15)28-3)29-13-20(27)24-14(2)22-25-21(26-30-22)16-7-9-17(23)10-8-16/h4-12,14H,13H2,1-3H3,(H,24,27)/b5-4+. The van der Waals surface area contributed by atoms with Crippen LogP contribution in [-0.4, -0.2) is 29.8 Å². The molecule has 0 radical (unpaired) electrons. The summed E-state index contributed by atoms with van der Waals surface area (Å²) in [5.41, 5.74) is 1.58. The van der Waals surface area contributed by atoms with Crippen LogP contribution in [0, 0.1) is 5.82 Å². The van der Waals surface area contributed by atoms with Crippen molar-refractivity contribution < 1.29 is 23.2 Å². The van der Waals surface area contributed by atoms with E-state index < -0.39 is 6.04 Å². The molecule has 0 saturated carbocycles. The predicted octanol–water partition coefficient (Wildman–Crippen LogP) is 4.17. The van der Waals surface area contributed by atoms with Gasteiger partial charge in [0.1, 0.15) is 11.9 Å². The molecule has 7 nitrogen and oxygen atoms in total. The Hall–Kier alpha value is -3.68. The summed E-state index contributed by atoms with van der Waals surface area (Å²) in [6.45, 7) is 3.43. The van der Waals surface area contributed by atoms with Gasteiger partial charge in [0.2, 0.25) is 11.7 Å². The largest absolute Gasteiger partial charge is 0.493 e. The van der Waals surface area contributed by atoms with Crippen molar-refractivity contribution in [2.24, 2.45) is 0 Å². The summed E-state index contributed by atoms with van der Waals surface area (Å²) in [5.74, 6) is 0.835. The normalized spacial score (nSPS) is 12.0. The first-order valence-corrected chi connectivity index (χ1v) is 9.32. The van der Waals surface area contributed by atoms with Gasteiger partial charge in [-0.15, -0.1) is 0 Å². The maximum absolute atomic E-state index is 13.0. The van der Waals surface area contributed by atoms with Crippen molar-refractivity contribution in [3.05, 3.63) is 65.8 Å². The van der Waals surface area contributed by atoms with Crippen LogP contribution in [0.3, 0.4) is 0 Å². The van der Waals surface area contributed by atoms with Crippen LogP contribution in [0.15, 0.2) is 53.1 Å². The van der Waals surface area contributed by atoms with Crippen LogP contribution in [0.5, 0.6) is 11.5 Å². The number of rotatable bonds is 8. The van der Waals surface area contributed by atoms with Crippen LogP contribution >= 0.6 is 0 Å². The predicted molar refractivity (Wildman–Crippen MR) is 109 cm³/mol. The number of hydrogen-bond acceptors (Lipinski definition) is 6. The molecule has 156 valence electrons. The van der Waals surface area contributed by atoms with E-state index in [1.807, 2.05) is 31.2 Å². The number of carbonyl (C=O) groups is 1. The molecule has 1 unspecified atom stereocenters. The fraction of sp³-hybridized carbons (Fsp3) is 0.227. The molecule has 0 fully saturated rings. The third-order valence-corrected chi connectivity index (χ3v) is 4.20. The maximum Gasteiger partial charge on any atom is 0.258 e. The molecule has 0 aliphatic heterocycles. The Balaban J connectivity index is 1.58. The summed E-state index contributed by atoms with van der Waals surface area (Å²) >= 11 is 0. The van der Waals surface area contributed by atoms with Crippen LogP contribution in [0.4, 0.5) is 4.39 Å². The molecule has 3 aromatic rings. The van der Waals surface area contributed by atoms with Crippen molar-refractivity contribution in [2.75, 3.05) is 13.7 Å². The number of carbonyl (C=O) groups excluding carboxylic acids is 1. The Bertz CT molecular complexity index is 1030. The van der Waals surface area contributed by atoms with Gasteiger partial charge >= 0.3 is 0 Å². The van der Waals surface area contributed by atoms with E-state index >= 15 is 0 Å². The summed E-state index contributed by atoms with van der Waals surface area (Å²) in [4.78, 5) is 16.5. The van der Waals surface area contributed by atoms with Gasteiger partial charge in [-0.1, -0.05) is 23.4 Å². The van der Waals surface area contributed by atoms with Crippen molar-refractivity contribution >= 4 is 12.0 Å². The zero-order valence-electron chi connectivity index (χ0n) is 16.9. The molecule has 0 spiro atoms. The maximum atomic E-state index is 13.0. The van der Waals surface area contributed by atoms with Crippen LogP contribution in [0.25, 0.3) is 17.5 Å². The summed E-state index contributed by atoms with van der Waals surface area (Å²) in [7, 11) is 1.54. The number of amides is 1. The lowest BCUT2D eigenvalue weighted by Crippen LogP contribution is -2.31. The van der Waals surface area contributed by atoms with E-state index in [2.05, 4.69) is 15.5 Å². The number of nitrogens with zero attached hydrogens (tertiary/aromatic N) is 2. The van der Waals surface area contributed by atoms with E-state index in [0.717, 1.165) is 5.56 Å². The summed E-state index contributed by atoms with van der Waals surface area (Å²) in [6.07, 6.45) is 3.86. The number of aromatic nitrogens is 2. The topological polar surface area (TPSA) is 86.5 Å². The fourth-order valence-corrected chi connectivity index (χ4v) is 2.72. The van der Waals surface area contributed by atoms with Gasteiger partial charge < -0.3 is 19.3 Å². The van der Waals surface area contributed by atoms with Crippen LogP contribution in [0.1, 0.15) is 31.3 Å².